The van der Waals surface area contributed by atoms with Crippen molar-refractivity contribution in [3.63, 3.8) is 0 Å². The summed E-state index contributed by atoms with van der Waals surface area (Å²) in [5, 5.41) is 0. The molecule has 7 heavy (non-hydrogen) atoms. The summed E-state index contributed by atoms with van der Waals surface area (Å²) in [6, 6.07) is 0. The first kappa shape index (κ1) is 7.54. The van der Waals surface area contributed by atoms with Crippen molar-refractivity contribution in [3.05, 3.63) is 0 Å². The molecular weight excluding hydrogens is 131 g/mol. The van der Waals surface area contributed by atoms with Crippen LogP contribution in [0, 0.1) is 0 Å². The van der Waals surface area contributed by atoms with Gasteiger partial charge >= 0.3 is 0 Å². The first-order valence-corrected chi connectivity index (χ1v) is 5.65. The third kappa shape index (κ3) is 6.54. The predicted octanol–water partition coefficient (Wildman–Crippen LogP) is 0.923. The van der Waals surface area contributed by atoms with Crippen molar-refractivity contribution >= 4 is 18.0 Å². The van der Waals surface area contributed by atoms with E-state index in [0.29, 0.717) is 5.75 Å². The average Bonchev–Trinajstić information content (AvgIpc) is 1.30. The standard InChI is InChI=1S/C3H9O2PS/c1-3-7-6(2,4)5/h3H2,1-2H3,(H,4,5)/p-1. The number of hydrogen-bond acceptors (Lipinski definition) is 3. The Hall–Kier alpha value is 0.540. The quantitative estimate of drug-likeness (QED) is 0.534. The lowest BCUT2D eigenvalue weighted by Crippen LogP contribution is -1.92. The van der Waals surface area contributed by atoms with E-state index >= 15 is 0 Å². The zero-order chi connectivity index (χ0) is 5.91. The Kier molecular flexibility index (Phi) is 2.96. The van der Waals surface area contributed by atoms with E-state index in [1.54, 1.807) is 0 Å². The molecule has 0 fully saturated rings. The van der Waals surface area contributed by atoms with Crippen molar-refractivity contribution in [2.45, 2.75) is 6.92 Å². The van der Waals surface area contributed by atoms with Crippen molar-refractivity contribution in [1.82, 2.24) is 0 Å². The molecule has 0 aromatic carbocycles. The second-order valence-electron chi connectivity index (χ2n) is 1.19. The van der Waals surface area contributed by atoms with Gasteiger partial charge in [0, 0.05) is 0 Å². The molecule has 0 heterocycles. The van der Waals surface area contributed by atoms with Gasteiger partial charge in [-0.05, 0) is 12.4 Å². The highest BCUT2D eigenvalue weighted by molar-refractivity contribution is 8.55. The van der Waals surface area contributed by atoms with E-state index in [-0.39, 0.29) is 0 Å². The number of rotatable bonds is 2. The monoisotopic (exact) mass is 139 g/mol. The molecule has 1 unspecified atom stereocenters. The highest BCUT2D eigenvalue weighted by Gasteiger charge is 1.93. The molecule has 0 bridgehead atoms. The van der Waals surface area contributed by atoms with Crippen LogP contribution in [0.15, 0.2) is 0 Å². The van der Waals surface area contributed by atoms with Crippen LogP contribution in [0.25, 0.3) is 0 Å². The Morgan fingerprint density at radius 2 is 2.29 bits per heavy atom. The normalized spacial score (nSPS) is 18.7. The summed E-state index contributed by atoms with van der Waals surface area (Å²) in [5.41, 5.74) is 0. The fraction of sp³-hybridized carbons (Fsp3) is 1.00. The molecule has 0 radical (unpaired) electrons. The van der Waals surface area contributed by atoms with E-state index in [2.05, 4.69) is 0 Å². The highest BCUT2D eigenvalue weighted by atomic mass is 32.7. The van der Waals surface area contributed by atoms with Gasteiger partial charge in [0.05, 0.1) is 6.57 Å². The van der Waals surface area contributed by atoms with Crippen LogP contribution in [-0.2, 0) is 4.57 Å². The van der Waals surface area contributed by atoms with E-state index in [1.165, 1.54) is 6.66 Å². The molecule has 0 saturated carbocycles. The van der Waals surface area contributed by atoms with Gasteiger partial charge in [-0.1, -0.05) is 6.92 Å². The van der Waals surface area contributed by atoms with E-state index in [1.807, 2.05) is 6.92 Å². The summed E-state index contributed by atoms with van der Waals surface area (Å²) < 4.78 is 10.2. The van der Waals surface area contributed by atoms with Gasteiger partial charge in [0.15, 0.2) is 0 Å². The summed E-state index contributed by atoms with van der Waals surface area (Å²) in [6.45, 7) is 0.0564. The van der Waals surface area contributed by atoms with E-state index < -0.39 is 6.57 Å². The van der Waals surface area contributed by atoms with Crippen LogP contribution in [0.3, 0.4) is 0 Å². The zero-order valence-electron chi connectivity index (χ0n) is 4.38. The summed E-state index contributed by atoms with van der Waals surface area (Å²) in [5.74, 6) is 0.650. The topological polar surface area (TPSA) is 40.1 Å². The maximum absolute atomic E-state index is 10.2. The van der Waals surface area contributed by atoms with Crippen LogP contribution < -0.4 is 4.89 Å². The zero-order valence-corrected chi connectivity index (χ0v) is 6.09. The van der Waals surface area contributed by atoms with Crippen molar-refractivity contribution in [2.75, 3.05) is 12.4 Å². The molecule has 1 atom stereocenters. The van der Waals surface area contributed by atoms with Crippen LogP contribution in [-0.4, -0.2) is 12.4 Å². The van der Waals surface area contributed by atoms with Crippen LogP contribution in [0.2, 0.25) is 0 Å². The molecule has 4 heteroatoms. The fourth-order valence-corrected chi connectivity index (χ4v) is 2.11. The Labute approximate surface area is 47.5 Å². The molecule has 0 N–H and O–H groups in total. The van der Waals surface area contributed by atoms with Crippen LogP contribution in [0.5, 0.6) is 0 Å². The van der Waals surface area contributed by atoms with Crippen molar-refractivity contribution in [2.24, 2.45) is 0 Å². The van der Waals surface area contributed by atoms with Gasteiger partial charge in [-0.2, -0.15) is 0 Å². The van der Waals surface area contributed by atoms with Gasteiger partial charge in [-0.25, -0.2) is 0 Å². The summed E-state index contributed by atoms with van der Waals surface area (Å²) in [7, 11) is 0. The largest absolute Gasteiger partial charge is 0.792 e. The molecule has 0 aliphatic rings. The molecule has 44 valence electrons. The molecule has 0 rings (SSSR count). The summed E-state index contributed by atoms with van der Waals surface area (Å²) >= 11 is 0.988. The minimum Gasteiger partial charge on any atom is -0.792 e. The van der Waals surface area contributed by atoms with Crippen LogP contribution in [0.4, 0.5) is 0 Å². The van der Waals surface area contributed by atoms with Gasteiger partial charge in [0.1, 0.15) is 0 Å². The van der Waals surface area contributed by atoms with E-state index in [0.717, 1.165) is 11.4 Å². The third-order valence-corrected chi connectivity index (χ3v) is 3.27. The van der Waals surface area contributed by atoms with Gasteiger partial charge in [0.2, 0.25) is 0 Å². The molecular formula is C3H8O2PS-. The lowest BCUT2D eigenvalue weighted by Gasteiger charge is -2.13. The van der Waals surface area contributed by atoms with Gasteiger partial charge in [-0.15, -0.1) is 11.4 Å². The Morgan fingerprint density at radius 3 is 2.29 bits per heavy atom. The predicted molar refractivity (Wildman–Crippen MR) is 31.7 cm³/mol. The molecule has 0 aromatic rings. The maximum Gasteiger partial charge on any atom is 0.0652 e. The maximum atomic E-state index is 10.2. The Bertz CT molecular complexity index is 86.9. The van der Waals surface area contributed by atoms with E-state index in [4.69, 9.17) is 0 Å². The molecule has 0 saturated heterocycles. The molecule has 2 nitrogen and oxygen atoms in total. The third-order valence-electron chi connectivity index (χ3n) is 0.364. The lowest BCUT2D eigenvalue weighted by atomic mass is 11.0. The Morgan fingerprint density at radius 1 is 1.86 bits per heavy atom. The molecule has 0 spiro atoms. The smallest absolute Gasteiger partial charge is 0.0652 e. The first-order chi connectivity index (χ1) is 3.06. The second kappa shape index (κ2) is 2.75. The van der Waals surface area contributed by atoms with E-state index in [9.17, 15) is 9.46 Å². The van der Waals surface area contributed by atoms with Crippen molar-refractivity contribution in [3.8, 4) is 0 Å². The molecule has 0 aliphatic carbocycles. The molecule has 0 aromatic heterocycles. The average molecular weight is 139 g/mol. The van der Waals surface area contributed by atoms with Gasteiger partial charge in [-0.3, -0.25) is 0 Å². The molecule has 0 aliphatic heterocycles. The van der Waals surface area contributed by atoms with Crippen LogP contribution >= 0.6 is 18.0 Å². The number of hydrogen-bond donors (Lipinski definition) is 0. The minimum absolute atomic E-state index is 0.650. The van der Waals surface area contributed by atoms with Gasteiger partial charge < -0.3 is 9.46 Å². The Balaban J connectivity index is 3.36. The highest BCUT2D eigenvalue weighted by Crippen LogP contribution is 2.45. The minimum atomic E-state index is -3.00. The lowest BCUT2D eigenvalue weighted by molar-refractivity contribution is -0.166. The molecule has 0 amide bonds. The van der Waals surface area contributed by atoms with Crippen molar-refractivity contribution in [1.29, 1.82) is 0 Å². The van der Waals surface area contributed by atoms with Crippen molar-refractivity contribution < 1.29 is 9.46 Å². The summed E-state index contributed by atoms with van der Waals surface area (Å²) in [4.78, 5) is 10.2. The SMILES string of the molecule is CCSP(C)(=O)[O-]. The summed E-state index contributed by atoms with van der Waals surface area (Å²) in [6.07, 6.45) is 0. The first-order valence-electron chi connectivity index (χ1n) is 1.99. The van der Waals surface area contributed by atoms with Crippen LogP contribution in [0.1, 0.15) is 6.92 Å². The second-order valence-corrected chi connectivity index (χ2v) is 6.33. The van der Waals surface area contributed by atoms with Gasteiger partial charge in [0.25, 0.3) is 0 Å². The fourth-order valence-electron chi connectivity index (χ4n) is 0.235.